The Balaban J connectivity index is 1.82. The third kappa shape index (κ3) is 8.58. The van der Waals surface area contributed by atoms with Gasteiger partial charge >= 0.3 is 0 Å². The first-order valence-electron chi connectivity index (χ1n) is 10.1. The van der Waals surface area contributed by atoms with Crippen molar-refractivity contribution in [2.45, 2.75) is 45.4 Å². The average molecular weight is 410 g/mol. The van der Waals surface area contributed by atoms with Gasteiger partial charge in [0.15, 0.2) is 5.96 Å². The minimum atomic E-state index is -0.00260. The van der Waals surface area contributed by atoms with E-state index in [4.69, 9.17) is 4.74 Å². The zero-order chi connectivity index (χ0) is 20.4. The molecule has 7 nitrogen and oxygen atoms in total. The number of piperidine rings is 1. The van der Waals surface area contributed by atoms with Crippen molar-refractivity contribution in [1.29, 1.82) is 0 Å². The van der Waals surface area contributed by atoms with Gasteiger partial charge in [0, 0.05) is 44.6 Å². The summed E-state index contributed by atoms with van der Waals surface area (Å²) in [6, 6.07) is 4.50. The van der Waals surface area contributed by atoms with Crippen molar-refractivity contribution < 1.29 is 9.53 Å². The highest BCUT2D eigenvalue weighted by Crippen LogP contribution is 2.11. The van der Waals surface area contributed by atoms with Crippen LogP contribution < -0.4 is 10.6 Å². The summed E-state index contributed by atoms with van der Waals surface area (Å²) in [5.74, 6) is 0.711. The lowest BCUT2D eigenvalue weighted by Gasteiger charge is -2.33. The number of carbonyl (C=O) groups is 1. The number of nitrogens with one attached hydrogen (secondary N) is 2. The van der Waals surface area contributed by atoms with Gasteiger partial charge in [-0.05, 0) is 38.1 Å². The highest BCUT2D eigenvalue weighted by molar-refractivity contribution is 7.09. The number of ether oxygens (including phenoxy) is 1. The molecule has 2 heterocycles. The Morgan fingerprint density at radius 2 is 2.14 bits per heavy atom. The number of likely N-dealkylation sites (N-methyl/N-ethyl adjacent to an activating group) is 1. The first-order valence-corrected chi connectivity index (χ1v) is 10.9. The van der Waals surface area contributed by atoms with E-state index in [0.717, 1.165) is 39.1 Å². The third-order valence-corrected chi connectivity index (χ3v) is 5.54. The molecular formula is C20H35N5O2S. The Labute approximate surface area is 173 Å². The van der Waals surface area contributed by atoms with Crippen LogP contribution in [-0.2, 0) is 16.1 Å². The Morgan fingerprint density at radius 1 is 1.39 bits per heavy atom. The van der Waals surface area contributed by atoms with Crippen molar-refractivity contribution in [2.24, 2.45) is 4.99 Å². The normalized spacial score (nSPS) is 16.4. The van der Waals surface area contributed by atoms with Gasteiger partial charge in [0.1, 0.15) is 6.54 Å². The van der Waals surface area contributed by atoms with E-state index >= 15 is 0 Å². The molecule has 1 fully saturated rings. The molecule has 0 radical (unpaired) electrons. The first-order chi connectivity index (χ1) is 13.4. The third-order valence-electron chi connectivity index (χ3n) is 4.67. The van der Waals surface area contributed by atoms with Crippen molar-refractivity contribution in [3.8, 4) is 0 Å². The molecule has 158 valence electrons. The van der Waals surface area contributed by atoms with Crippen LogP contribution in [0.4, 0.5) is 0 Å². The molecule has 1 aromatic heterocycles. The van der Waals surface area contributed by atoms with Crippen LogP contribution in [0.3, 0.4) is 0 Å². The highest BCUT2D eigenvalue weighted by atomic mass is 32.1. The van der Waals surface area contributed by atoms with Gasteiger partial charge < -0.3 is 25.2 Å². The van der Waals surface area contributed by atoms with Crippen LogP contribution in [0.15, 0.2) is 22.5 Å². The second kappa shape index (κ2) is 12.0. The number of rotatable bonds is 9. The monoisotopic (exact) mass is 409 g/mol. The maximum atomic E-state index is 11.9. The van der Waals surface area contributed by atoms with Crippen LogP contribution in [0.1, 0.15) is 31.6 Å². The summed E-state index contributed by atoms with van der Waals surface area (Å²) in [7, 11) is 3.51. The molecule has 0 atom stereocenters. The lowest BCUT2D eigenvalue weighted by molar-refractivity contribution is -0.127. The number of amides is 1. The van der Waals surface area contributed by atoms with E-state index in [1.54, 1.807) is 30.3 Å². The van der Waals surface area contributed by atoms with Gasteiger partial charge in [-0.2, -0.15) is 0 Å². The quantitative estimate of drug-likeness (QED) is 0.480. The van der Waals surface area contributed by atoms with Gasteiger partial charge in [-0.15, -0.1) is 11.3 Å². The lowest BCUT2D eigenvalue weighted by Crippen LogP contribution is -2.49. The standard InChI is InChI=1S/C20H35N5O2S/c1-16(2)27-12-11-25-9-7-17(8-10-25)23-20(22-15-19(26)24(3)4)21-14-18-6-5-13-28-18/h5-6,13,16-17H,7-12,14-15H2,1-4H3,(H2,21,22,23). The summed E-state index contributed by atoms with van der Waals surface area (Å²) in [5, 5.41) is 8.95. The van der Waals surface area contributed by atoms with E-state index in [-0.39, 0.29) is 18.6 Å². The molecule has 1 aliphatic heterocycles. The summed E-state index contributed by atoms with van der Waals surface area (Å²) in [6.45, 7) is 8.88. The maximum Gasteiger partial charge on any atom is 0.243 e. The van der Waals surface area contributed by atoms with Gasteiger partial charge in [0.25, 0.3) is 0 Å². The fraction of sp³-hybridized carbons (Fsp3) is 0.700. The van der Waals surface area contributed by atoms with E-state index in [0.29, 0.717) is 18.5 Å². The molecule has 0 bridgehead atoms. The average Bonchev–Trinajstić information content (AvgIpc) is 3.18. The van der Waals surface area contributed by atoms with Gasteiger partial charge in [-0.1, -0.05) is 6.07 Å². The zero-order valence-corrected chi connectivity index (χ0v) is 18.4. The Kier molecular flexibility index (Phi) is 9.73. The fourth-order valence-electron chi connectivity index (χ4n) is 2.94. The highest BCUT2D eigenvalue weighted by Gasteiger charge is 2.20. The summed E-state index contributed by atoms with van der Waals surface area (Å²) in [4.78, 5) is 21.7. The van der Waals surface area contributed by atoms with E-state index < -0.39 is 0 Å². The second-order valence-corrected chi connectivity index (χ2v) is 8.60. The summed E-state index contributed by atoms with van der Waals surface area (Å²) < 4.78 is 5.66. The minimum absolute atomic E-state index is 0.00260. The van der Waals surface area contributed by atoms with Crippen LogP contribution in [0.5, 0.6) is 0 Å². The van der Waals surface area contributed by atoms with Crippen molar-refractivity contribution in [2.75, 3.05) is 46.9 Å². The van der Waals surface area contributed by atoms with Crippen molar-refractivity contribution in [1.82, 2.24) is 20.4 Å². The number of guanidine groups is 1. The molecule has 0 aliphatic carbocycles. The van der Waals surface area contributed by atoms with Crippen LogP contribution in [0.25, 0.3) is 0 Å². The van der Waals surface area contributed by atoms with E-state index in [2.05, 4.69) is 45.8 Å². The molecule has 2 rings (SSSR count). The van der Waals surface area contributed by atoms with E-state index in [1.807, 2.05) is 6.07 Å². The molecule has 1 saturated heterocycles. The zero-order valence-electron chi connectivity index (χ0n) is 17.6. The molecule has 1 amide bonds. The SMILES string of the molecule is CC(C)OCCN1CCC(NC(=NCC(=O)N(C)C)NCc2cccs2)CC1. The fourth-order valence-corrected chi connectivity index (χ4v) is 3.58. The molecule has 1 aliphatic rings. The molecule has 1 aromatic rings. The van der Waals surface area contributed by atoms with Crippen molar-refractivity contribution in [3.05, 3.63) is 22.4 Å². The number of likely N-dealkylation sites (tertiary alicyclic amines) is 1. The van der Waals surface area contributed by atoms with Crippen molar-refractivity contribution >= 4 is 23.2 Å². The summed E-state index contributed by atoms with van der Waals surface area (Å²) >= 11 is 1.71. The number of thiophene rings is 1. The smallest absolute Gasteiger partial charge is 0.243 e. The van der Waals surface area contributed by atoms with Gasteiger partial charge in [-0.25, -0.2) is 4.99 Å². The van der Waals surface area contributed by atoms with Crippen molar-refractivity contribution in [3.63, 3.8) is 0 Å². The second-order valence-electron chi connectivity index (χ2n) is 7.57. The van der Waals surface area contributed by atoms with Gasteiger partial charge in [-0.3, -0.25) is 4.79 Å². The Morgan fingerprint density at radius 3 is 2.75 bits per heavy atom. The molecular weight excluding hydrogens is 374 g/mol. The van der Waals surface area contributed by atoms with Crippen LogP contribution in [0, 0.1) is 0 Å². The molecule has 28 heavy (non-hydrogen) atoms. The number of carbonyl (C=O) groups excluding carboxylic acids is 1. The molecule has 0 unspecified atom stereocenters. The summed E-state index contributed by atoms with van der Waals surface area (Å²) in [5.41, 5.74) is 0. The molecule has 8 heteroatoms. The van der Waals surface area contributed by atoms with Crippen LogP contribution >= 0.6 is 11.3 Å². The molecule has 0 saturated carbocycles. The van der Waals surface area contributed by atoms with Crippen LogP contribution in [-0.4, -0.2) is 80.7 Å². The Bertz CT molecular complexity index is 596. The van der Waals surface area contributed by atoms with Crippen LogP contribution in [0.2, 0.25) is 0 Å². The van der Waals surface area contributed by atoms with E-state index in [1.165, 1.54) is 4.88 Å². The number of hydrogen-bond donors (Lipinski definition) is 2. The maximum absolute atomic E-state index is 11.9. The molecule has 0 spiro atoms. The van der Waals surface area contributed by atoms with Gasteiger partial charge in [0.05, 0.1) is 19.3 Å². The molecule has 0 aromatic carbocycles. The first kappa shape index (κ1) is 22.6. The van der Waals surface area contributed by atoms with E-state index in [9.17, 15) is 4.79 Å². The number of hydrogen-bond acceptors (Lipinski definition) is 5. The largest absolute Gasteiger partial charge is 0.377 e. The number of nitrogens with zero attached hydrogens (tertiary/aromatic N) is 3. The predicted octanol–water partition coefficient (Wildman–Crippen LogP) is 1.76. The Hall–Kier alpha value is -1.64. The lowest BCUT2D eigenvalue weighted by atomic mass is 10.1. The minimum Gasteiger partial charge on any atom is -0.377 e. The molecule has 2 N–H and O–H groups in total. The van der Waals surface area contributed by atoms with Gasteiger partial charge in [0.2, 0.25) is 5.91 Å². The summed E-state index contributed by atoms with van der Waals surface area (Å²) in [6.07, 6.45) is 2.41. The number of aliphatic imine (C=N–C) groups is 1. The predicted molar refractivity (Wildman–Crippen MR) is 116 cm³/mol. The topological polar surface area (TPSA) is 69.2 Å².